The Morgan fingerprint density at radius 1 is 0.941 bits per heavy atom. The largest absolute Gasteiger partial charge is 0.508 e. The predicted octanol–water partition coefficient (Wildman–Crippen LogP) is 4.79. The summed E-state index contributed by atoms with van der Waals surface area (Å²) >= 11 is 0. The fraction of sp³-hybridized carbons (Fsp3) is 0.625. The molecule has 0 saturated carbocycles. The fourth-order valence-electron chi connectivity index (χ4n) is 2.79. The molecule has 0 heterocycles. The average Bonchev–Trinajstić information content (AvgIpc) is 2.36. The van der Waals surface area contributed by atoms with Crippen LogP contribution >= 0.6 is 0 Å². The molecule has 0 bridgehead atoms. The fourth-order valence-corrected chi connectivity index (χ4v) is 2.79. The van der Waals surface area contributed by atoms with Crippen LogP contribution in [0, 0.1) is 11.8 Å². The summed E-state index contributed by atoms with van der Waals surface area (Å²) in [5.74, 6) is 2.09. The summed E-state index contributed by atoms with van der Waals surface area (Å²) < 4.78 is 0. The molecule has 1 nitrogen and oxygen atoms in total. The van der Waals surface area contributed by atoms with Crippen LogP contribution in [0.25, 0.3) is 0 Å². The molecule has 0 radical (unpaired) electrons. The van der Waals surface area contributed by atoms with E-state index in [-0.39, 0.29) is 0 Å². The van der Waals surface area contributed by atoms with Crippen molar-refractivity contribution >= 4 is 0 Å². The van der Waals surface area contributed by atoms with Crippen LogP contribution in [0.2, 0.25) is 0 Å². The lowest BCUT2D eigenvalue weighted by Crippen LogP contribution is -2.13. The number of rotatable bonds is 7. The number of phenolic OH excluding ortho intramolecular Hbond substituents is 1. The van der Waals surface area contributed by atoms with E-state index in [9.17, 15) is 5.11 Å². The highest BCUT2D eigenvalue weighted by atomic mass is 16.3. The molecule has 1 unspecified atom stereocenters. The summed E-state index contributed by atoms with van der Waals surface area (Å²) in [5.41, 5.74) is 1.09. The summed E-state index contributed by atoms with van der Waals surface area (Å²) in [6, 6.07) is 7.71. The lowest BCUT2D eigenvalue weighted by molar-refractivity contribution is 0.285. The summed E-state index contributed by atoms with van der Waals surface area (Å²) in [6.45, 7) is 6.86. The SMILES string of the molecule is CCC(CC)C(CC)CCc1ccccc1O. The minimum absolute atomic E-state index is 0.451. The van der Waals surface area contributed by atoms with Crippen LogP contribution < -0.4 is 0 Å². The number of hydrogen-bond acceptors (Lipinski definition) is 1. The highest BCUT2D eigenvalue weighted by molar-refractivity contribution is 5.31. The third kappa shape index (κ3) is 4.07. The zero-order valence-corrected chi connectivity index (χ0v) is 11.4. The van der Waals surface area contributed by atoms with Crippen molar-refractivity contribution in [3.05, 3.63) is 29.8 Å². The maximum Gasteiger partial charge on any atom is 0.118 e. The molecule has 1 aromatic rings. The Kier molecular flexibility index (Phi) is 6.10. The minimum Gasteiger partial charge on any atom is -0.508 e. The summed E-state index contributed by atoms with van der Waals surface area (Å²) in [7, 11) is 0. The zero-order valence-electron chi connectivity index (χ0n) is 11.4. The highest BCUT2D eigenvalue weighted by Crippen LogP contribution is 2.28. The number of aryl methyl sites for hydroxylation is 1. The molecule has 1 rings (SSSR count). The van der Waals surface area contributed by atoms with E-state index in [1.165, 1.54) is 25.7 Å². The molecule has 0 aliphatic heterocycles. The van der Waals surface area contributed by atoms with Gasteiger partial charge < -0.3 is 5.11 Å². The van der Waals surface area contributed by atoms with Crippen LogP contribution in [0.15, 0.2) is 24.3 Å². The van der Waals surface area contributed by atoms with Crippen LogP contribution in [0.1, 0.15) is 52.0 Å². The van der Waals surface area contributed by atoms with Crippen LogP contribution in [-0.2, 0) is 6.42 Å². The van der Waals surface area contributed by atoms with E-state index in [1.807, 2.05) is 18.2 Å². The van der Waals surface area contributed by atoms with Crippen molar-refractivity contribution in [3.8, 4) is 5.75 Å². The normalized spacial score (nSPS) is 12.9. The summed E-state index contributed by atoms with van der Waals surface area (Å²) in [4.78, 5) is 0. The van der Waals surface area contributed by atoms with E-state index in [4.69, 9.17) is 0 Å². The summed E-state index contributed by atoms with van der Waals surface area (Å²) in [5, 5.41) is 9.75. The van der Waals surface area contributed by atoms with Gasteiger partial charge in [0.1, 0.15) is 5.75 Å². The molecule has 0 aliphatic carbocycles. The number of phenols is 1. The van der Waals surface area contributed by atoms with Gasteiger partial charge in [-0.2, -0.15) is 0 Å². The van der Waals surface area contributed by atoms with Gasteiger partial charge in [-0.25, -0.2) is 0 Å². The molecule has 0 aromatic heterocycles. The van der Waals surface area contributed by atoms with Gasteiger partial charge in [-0.15, -0.1) is 0 Å². The van der Waals surface area contributed by atoms with E-state index in [1.54, 1.807) is 6.07 Å². The molecule has 0 amide bonds. The van der Waals surface area contributed by atoms with Crippen molar-refractivity contribution in [1.82, 2.24) is 0 Å². The van der Waals surface area contributed by atoms with Gasteiger partial charge in [-0.05, 0) is 36.3 Å². The Hall–Kier alpha value is -0.980. The number of hydrogen-bond donors (Lipinski definition) is 1. The van der Waals surface area contributed by atoms with Gasteiger partial charge >= 0.3 is 0 Å². The molecule has 96 valence electrons. The molecule has 0 fully saturated rings. The molecule has 1 N–H and O–H groups in total. The standard InChI is InChI=1S/C16H26O/c1-4-13(5-2)14(6-3)11-12-15-9-7-8-10-16(15)17/h7-10,13-14,17H,4-6,11-12H2,1-3H3. The predicted molar refractivity (Wildman–Crippen MR) is 74.3 cm³/mol. The Morgan fingerprint density at radius 3 is 2.06 bits per heavy atom. The smallest absolute Gasteiger partial charge is 0.118 e. The first-order valence-corrected chi connectivity index (χ1v) is 6.99. The molecule has 0 spiro atoms. The van der Waals surface area contributed by atoms with Crippen LogP contribution in [0.3, 0.4) is 0 Å². The van der Waals surface area contributed by atoms with Crippen LogP contribution in [0.5, 0.6) is 5.75 Å². The lowest BCUT2D eigenvalue weighted by Gasteiger charge is -2.24. The Bertz CT molecular complexity index is 315. The van der Waals surface area contributed by atoms with Crippen LogP contribution in [-0.4, -0.2) is 5.11 Å². The van der Waals surface area contributed by atoms with E-state index in [0.29, 0.717) is 5.75 Å². The van der Waals surface area contributed by atoms with E-state index < -0.39 is 0 Å². The second-order valence-corrected chi connectivity index (χ2v) is 4.91. The van der Waals surface area contributed by atoms with Crippen molar-refractivity contribution in [2.24, 2.45) is 11.8 Å². The van der Waals surface area contributed by atoms with E-state index in [0.717, 1.165) is 23.8 Å². The maximum atomic E-state index is 9.75. The molecular formula is C16H26O. The topological polar surface area (TPSA) is 20.2 Å². The van der Waals surface area contributed by atoms with Gasteiger partial charge in [0.15, 0.2) is 0 Å². The minimum atomic E-state index is 0.451. The lowest BCUT2D eigenvalue weighted by atomic mass is 9.82. The second-order valence-electron chi connectivity index (χ2n) is 4.91. The first-order valence-electron chi connectivity index (χ1n) is 6.99. The zero-order chi connectivity index (χ0) is 12.7. The Morgan fingerprint density at radius 2 is 1.53 bits per heavy atom. The average molecular weight is 234 g/mol. The molecule has 1 atom stereocenters. The van der Waals surface area contributed by atoms with Gasteiger partial charge in [-0.3, -0.25) is 0 Å². The number of aromatic hydroxyl groups is 1. The maximum absolute atomic E-state index is 9.75. The summed E-state index contributed by atoms with van der Waals surface area (Å²) in [6.07, 6.45) is 5.99. The third-order valence-electron chi connectivity index (χ3n) is 4.02. The number of benzene rings is 1. The first kappa shape index (κ1) is 14.1. The van der Waals surface area contributed by atoms with Crippen molar-refractivity contribution in [3.63, 3.8) is 0 Å². The van der Waals surface area contributed by atoms with Crippen molar-refractivity contribution in [1.29, 1.82) is 0 Å². The molecule has 1 aromatic carbocycles. The number of para-hydroxylation sites is 1. The second kappa shape index (κ2) is 7.37. The molecule has 1 heteroatoms. The monoisotopic (exact) mass is 234 g/mol. The highest BCUT2D eigenvalue weighted by Gasteiger charge is 2.16. The van der Waals surface area contributed by atoms with E-state index in [2.05, 4.69) is 20.8 Å². The molecule has 0 aliphatic rings. The molecule has 0 saturated heterocycles. The van der Waals surface area contributed by atoms with Gasteiger partial charge in [0, 0.05) is 0 Å². The third-order valence-corrected chi connectivity index (χ3v) is 4.02. The van der Waals surface area contributed by atoms with Gasteiger partial charge in [0.2, 0.25) is 0 Å². The van der Waals surface area contributed by atoms with Crippen LogP contribution in [0.4, 0.5) is 0 Å². The van der Waals surface area contributed by atoms with Crippen molar-refractivity contribution in [2.45, 2.75) is 52.9 Å². The van der Waals surface area contributed by atoms with Crippen molar-refractivity contribution in [2.75, 3.05) is 0 Å². The quantitative estimate of drug-likeness (QED) is 0.719. The van der Waals surface area contributed by atoms with Gasteiger partial charge in [0.05, 0.1) is 0 Å². The Balaban J connectivity index is 2.56. The van der Waals surface area contributed by atoms with Crippen molar-refractivity contribution < 1.29 is 5.11 Å². The van der Waals surface area contributed by atoms with E-state index >= 15 is 0 Å². The van der Waals surface area contributed by atoms with Gasteiger partial charge in [0.25, 0.3) is 0 Å². The molecule has 17 heavy (non-hydrogen) atoms. The van der Waals surface area contributed by atoms with Gasteiger partial charge in [-0.1, -0.05) is 58.2 Å². The first-order chi connectivity index (χ1) is 8.22. The Labute approximate surface area is 106 Å². The molecular weight excluding hydrogens is 208 g/mol.